The first-order chi connectivity index (χ1) is 10.3. The van der Waals surface area contributed by atoms with Crippen molar-refractivity contribution >= 4 is 22.5 Å². The maximum atomic E-state index is 12.4. The lowest BCUT2D eigenvalue weighted by molar-refractivity contribution is 0.102. The fraction of sp³-hybridized carbons (Fsp3) is 0.0588. The lowest BCUT2D eigenvalue weighted by Crippen LogP contribution is -2.12. The van der Waals surface area contributed by atoms with Gasteiger partial charge < -0.3 is 11.1 Å². The smallest absolute Gasteiger partial charge is 0.255 e. The number of pyridine rings is 1. The van der Waals surface area contributed by atoms with Crippen LogP contribution in [0.1, 0.15) is 15.9 Å². The summed E-state index contributed by atoms with van der Waals surface area (Å²) in [6, 6.07) is 16.8. The molecule has 3 N–H and O–H groups in total. The van der Waals surface area contributed by atoms with Gasteiger partial charge in [-0.25, -0.2) is 0 Å². The zero-order chi connectivity index (χ0) is 14.7. The van der Waals surface area contributed by atoms with E-state index in [2.05, 4.69) is 10.3 Å². The van der Waals surface area contributed by atoms with Gasteiger partial charge in [0.05, 0.1) is 11.2 Å². The monoisotopic (exact) mass is 277 g/mol. The van der Waals surface area contributed by atoms with E-state index >= 15 is 0 Å². The summed E-state index contributed by atoms with van der Waals surface area (Å²) < 4.78 is 0. The highest BCUT2D eigenvalue weighted by Gasteiger charge is 2.08. The number of nitrogens with zero attached hydrogens (tertiary/aromatic N) is 1. The van der Waals surface area contributed by atoms with Gasteiger partial charge in [0.1, 0.15) is 0 Å². The second kappa shape index (κ2) is 5.73. The molecule has 1 aromatic heterocycles. The second-order valence-corrected chi connectivity index (χ2v) is 4.73. The van der Waals surface area contributed by atoms with Crippen LogP contribution >= 0.6 is 0 Å². The first-order valence-electron chi connectivity index (χ1n) is 6.72. The molecule has 0 aliphatic rings. The molecule has 1 heterocycles. The predicted molar refractivity (Wildman–Crippen MR) is 84.0 cm³/mol. The summed E-state index contributed by atoms with van der Waals surface area (Å²) in [6.07, 6.45) is 1.73. The molecule has 21 heavy (non-hydrogen) atoms. The normalized spacial score (nSPS) is 10.5. The van der Waals surface area contributed by atoms with E-state index in [1.807, 2.05) is 42.5 Å². The standard InChI is InChI=1S/C17H15N3O/c18-11-12-4-1-5-13(10-12)17(21)20-16-8-2-7-15-14(16)6-3-9-19-15/h1-10H,11,18H2,(H,20,21). The number of nitrogens with two attached hydrogens (primary N) is 1. The minimum Gasteiger partial charge on any atom is -0.326 e. The largest absolute Gasteiger partial charge is 0.326 e. The van der Waals surface area contributed by atoms with Crippen molar-refractivity contribution in [2.45, 2.75) is 6.54 Å². The maximum absolute atomic E-state index is 12.4. The molecule has 4 nitrogen and oxygen atoms in total. The summed E-state index contributed by atoms with van der Waals surface area (Å²) in [5.74, 6) is -0.151. The first kappa shape index (κ1) is 13.3. The van der Waals surface area contributed by atoms with Gasteiger partial charge in [0.2, 0.25) is 0 Å². The number of fused-ring (bicyclic) bond motifs is 1. The van der Waals surface area contributed by atoms with Gasteiger partial charge in [-0.2, -0.15) is 0 Å². The van der Waals surface area contributed by atoms with Crippen LogP contribution in [0.15, 0.2) is 60.8 Å². The Labute approximate surface area is 122 Å². The average molecular weight is 277 g/mol. The van der Waals surface area contributed by atoms with Gasteiger partial charge >= 0.3 is 0 Å². The molecule has 0 aliphatic carbocycles. The molecule has 1 amide bonds. The second-order valence-electron chi connectivity index (χ2n) is 4.73. The van der Waals surface area contributed by atoms with Crippen LogP contribution in [0, 0.1) is 0 Å². The van der Waals surface area contributed by atoms with Gasteiger partial charge in [-0.15, -0.1) is 0 Å². The minimum atomic E-state index is -0.151. The average Bonchev–Trinajstić information content (AvgIpc) is 2.55. The molecule has 0 saturated carbocycles. The number of anilines is 1. The number of aromatic nitrogens is 1. The lowest BCUT2D eigenvalue weighted by Gasteiger charge is -2.09. The van der Waals surface area contributed by atoms with Crippen LogP contribution in [0.3, 0.4) is 0 Å². The van der Waals surface area contributed by atoms with E-state index in [-0.39, 0.29) is 5.91 Å². The molecule has 104 valence electrons. The topological polar surface area (TPSA) is 68.0 Å². The molecule has 2 aromatic carbocycles. The third-order valence-electron chi connectivity index (χ3n) is 3.32. The Morgan fingerprint density at radius 2 is 1.95 bits per heavy atom. The summed E-state index contributed by atoms with van der Waals surface area (Å²) in [7, 11) is 0. The lowest BCUT2D eigenvalue weighted by atomic mass is 10.1. The third kappa shape index (κ3) is 2.75. The Morgan fingerprint density at radius 1 is 1.10 bits per heavy atom. The van der Waals surface area contributed by atoms with Crippen LogP contribution in [-0.2, 0) is 6.54 Å². The Bertz CT molecular complexity index is 793. The van der Waals surface area contributed by atoms with E-state index in [4.69, 9.17) is 5.73 Å². The molecule has 0 unspecified atom stereocenters. The molecule has 0 bridgehead atoms. The van der Waals surface area contributed by atoms with Crippen LogP contribution in [0.2, 0.25) is 0 Å². The first-order valence-corrected chi connectivity index (χ1v) is 6.72. The quantitative estimate of drug-likeness (QED) is 0.773. The number of hydrogen-bond acceptors (Lipinski definition) is 3. The van der Waals surface area contributed by atoms with E-state index in [0.29, 0.717) is 12.1 Å². The summed E-state index contributed by atoms with van der Waals surface area (Å²) in [5.41, 5.74) is 8.74. The van der Waals surface area contributed by atoms with Crippen molar-refractivity contribution in [2.75, 3.05) is 5.32 Å². The van der Waals surface area contributed by atoms with Crippen molar-refractivity contribution in [2.24, 2.45) is 5.73 Å². The number of benzene rings is 2. The van der Waals surface area contributed by atoms with E-state index in [1.165, 1.54) is 0 Å². The molecular formula is C17H15N3O. The fourth-order valence-electron chi connectivity index (χ4n) is 2.25. The van der Waals surface area contributed by atoms with Crippen molar-refractivity contribution in [3.05, 3.63) is 71.9 Å². The number of carbonyl (C=O) groups is 1. The van der Waals surface area contributed by atoms with Gasteiger partial charge in [0.25, 0.3) is 5.91 Å². The van der Waals surface area contributed by atoms with E-state index in [9.17, 15) is 4.79 Å². The molecule has 0 aliphatic heterocycles. The third-order valence-corrected chi connectivity index (χ3v) is 3.32. The molecule has 3 aromatic rings. The van der Waals surface area contributed by atoms with Crippen molar-refractivity contribution in [3.8, 4) is 0 Å². The van der Waals surface area contributed by atoms with Crippen LogP contribution < -0.4 is 11.1 Å². The number of rotatable bonds is 3. The number of nitrogens with one attached hydrogen (secondary N) is 1. The zero-order valence-electron chi connectivity index (χ0n) is 11.4. The van der Waals surface area contributed by atoms with Gasteiger partial charge in [0, 0.05) is 23.7 Å². The number of carbonyl (C=O) groups excluding carboxylic acids is 1. The molecule has 3 rings (SSSR count). The van der Waals surface area contributed by atoms with Crippen LogP contribution in [0.25, 0.3) is 10.9 Å². The molecular weight excluding hydrogens is 262 g/mol. The van der Waals surface area contributed by atoms with Gasteiger partial charge in [-0.05, 0) is 42.0 Å². The molecule has 0 radical (unpaired) electrons. The Balaban J connectivity index is 1.93. The van der Waals surface area contributed by atoms with Crippen LogP contribution in [0.5, 0.6) is 0 Å². The highest BCUT2D eigenvalue weighted by atomic mass is 16.1. The molecule has 0 fully saturated rings. The summed E-state index contributed by atoms with van der Waals surface area (Å²) in [4.78, 5) is 16.6. The summed E-state index contributed by atoms with van der Waals surface area (Å²) in [6.45, 7) is 0.416. The summed E-state index contributed by atoms with van der Waals surface area (Å²) in [5, 5.41) is 3.85. The van der Waals surface area contributed by atoms with Gasteiger partial charge in [-0.1, -0.05) is 18.2 Å². The van der Waals surface area contributed by atoms with Crippen molar-refractivity contribution < 1.29 is 4.79 Å². The SMILES string of the molecule is NCc1cccc(C(=O)Nc2cccc3ncccc23)c1. The Morgan fingerprint density at radius 3 is 2.81 bits per heavy atom. The zero-order valence-corrected chi connectivity index (χ0v) is 11.4. The van der Waals surface area contributed by atoms with Crippen molar-refractivity contribution in [1.29, 1.82) is 0 Å². The molecule has 0 atom stereocenters. The van der Waals surface area contributed by atoms with E-state index in [1.54, 1.807) is 18.3 Å². The van der Waals surface area contributed by atoms with Crippen molar-refractivity contribution in [1.82, 2.24) is 4.98 Å². The fourth-order valence-corrected chi connectivity index (χ4v) is 2.25. The molecule has 0 spiro atoms. The van der Waals surface area contributed by atoms with Gasteiger partial charge in [-0.3, -0.25) is 9.78 Å². The van der Waals surface area contributed by atoms with Crippen LogP contribution in [0.4, 0.5) is 5.69 Å². The Hall–Kier alpha value is -2.72. The number of amides is 1. The van der Waals surface area contributed by atoms with E-state index < -0.39 is 0 Å². The maximum Gasteiger partial charge on any atom is 0.255 e. The molecule has 4 heteroatoms. The Kier molecular flexibility index (Phi) is 3.62. The van der Waals surface area contributed by atoms with E-state index in [0.717, 1.165) is 22.2 Å². The summed E-state index contributed by atoms with van der Waals surface area (Å²) >= 11 is 0. The number of hydrogen-bond donors (Lipinski definition) is 2. The minimum absolute atomic E-state index is 0.151. The highest BCUT2D eigenvalue weighted by Crippen LogP contribution is 2.22. The van der Waals surface area contributed by atoms with Gasteiger partial charge in [0.15, 0.2) is 0 Å². The van der Waals surface area contributed by atoms with Crippen molar-refractivity contribution in [3.63, 3.8) is 0 Å². The predicted octanol–water partition coefficient (Wildman–Crippen LogP) is 2.95. The highest BCUT2D eigenvalue weighted by molar-refractivity contribution is 6.08. The van der Waals surface area contributed by atoms with Crippen LogP contribution in [-0.4, -0.2) is 10.9 Å². The molecule has 0 saturated heterocycles.